The van der Waals surface area contributed by atoms with Crippen molar-refractivity contribution in [3.63, 3.8) is 0 Å². The van der Waals surface area contributed by atoms with Gasteiger partial charge in [0.25, 0.3) is 0 Å². The van der Waals surface area contributed by atoms with Gasteiger partial charge < -0.3 is 5.32 Å². The largest absolute Gasteiger partial charge is 0.307 e. The maximum atomic E-state index is 13.3. The van der Waals surface area contributed by atoms with E-state index in [0.29, 0.717) is 18.4 Å². The molecule has 3 atom stereocenters. The molecule has 1 aromatic carbocycles. The third-order valence-electron chi connectivity index (χ3n) is 3.71. The molecule has 1 fully saturated rings. The number of piperidine rings is 1. The summed E-state index contributed by atoms with van der Waals surface area (Å²) in [4.78, 5) is 10.8. The summed E-state index contributed by atoms with van der Waals surface area (Å²) >= 11 is 0. The Balaban J connectivity index is 2.28. The van der Waals surface area contributed by atoms with Crippen LogP contribution >= 0.6 is 0 Å². The van der Waals surface area contributed by atoms with Crippen molar-refractivity contribution in [2.75, 3.05) is 6.54 Å². The number of hydrogen-bond donors (Lipinski definition) is 1. The summed E-state index contributed by atoms with van der Waals surface area (Å²) in [5, 5.41) is 14.2. The summed E-state index contributed by atoms with van der Waals surface area (Å²) in [6.07, 6.45) is 2.93. The highest BCUT2D eigenvalue weighted by Crippen LogP contribution is 2.31. The summed E-state index contributed by atoms with van der Waals surface area (Å²) in [5.74, 6) is -2.34. The second-order valence-electron chi connectivity index (χ2n) is 5.00. The van der Waals surface area contributed by atoms with Crippen LogP contribution in [0.25, 0.3) is 0 Å². The van der Waals surface area contributed by atoms with Crippen LogP contribution in [-0.2, 0) is 0 Å². The normalized spacial score (nSPS) is 26.2. The maximum Gasteiger partial charge on any atom is 0.232 e. The van der Waals surface area contributed by atoms with Gasteiger partial charge in [0.15, 0.2) is 11.6 Å². The lowest BCUT2D eigenvalue weighted by atomic mass is 9.82. The van der Waals surface area contributed by atoms with E-state index in [1.54, 1.807) is 6.08 Å². The van der Waals surface area contributed by atoms with Gasteiger partial charge in [-0.25, -0.2) is 8.78 Å². The average Bonchev–Trinajstić information content (AvgIpc) is 2.42. The molecule has 6 heteroatoms. The van der Waals surface area contributed by atoms with Crippen LogP contribution in [0.3, 0.4) is 0 Å². The minimum Gasteiger partial charge on any atom is -0.307 e. The third-order valence-corrected chi connectivity index (χ3v) is 3.71. The molecule has 1 aliphatic heterocycles. The van der Waals surface area contributed by atoms with E-state index < -0.39 is 23.6 Å². The van der Waals surface area contributed by atoms with Crippen molar-refractivity contribution in [2.24, 2.45) is 0 Å². The van der Waals surface area contributed by atoms with Gasteiger partial charge in [0.2, 0.25) is 6.04 Å². The molecule has 2 rings (SSSR count). The zero-order valence-electron chi connectivity index (χ0n) is 10.9. The van der Waals surface area contributed by atoms with Crippen molar-refractivity contribution in [1.29, 1.82) is 0 Å². The first-order valence-electron chi connectivity index (χ1n) is 6.45. The fourth-order valence-electron chi connectivity index (χ4n) is 2.68. The monoisotopic (exact) mass is 282 g/mol. The molecular formula is C14H16F2N2O2. The Labute approximate surface area is 115 Å². The highest BCUT2D eigenvalue weighted by atomic mass is 19.2. The summed E-state index contributed by atoms with van der Waals surface area (Å²) < 4.78 is 26.3. The highest BCUT2D eigenvalue weighted by molar-refractivity contribution is 5.24. The Morgan fingerprint density at radius 1 is 1.45 bits per heavy atom. The molecular weight excluding hydrogens is 266 g/mol. The van der Waals surface area contributed by atoms with Gasteiger partial charge in [-0.2, -0.15) is 0 Å². The molecule has 1 N–H and O–H groups in total. The van der Waals surface area contributed by atoms with Crippen molar-refractivity contribution in [1.82, 2.24) is 5.32 Å². The molecule has 1 heterocycles. The van der Waals surface area contributed by atoms with Crippen molar-refractivity contribution < 1.29 is 13.7 Å². The number of rotatable bonds is 4. The lowest BCUT2D eigenvalue weighted by Crippen LogP contribution is -2.49. The molecule has 1 saturated heterocycles. The topological polar surface area (TPSA) is 55.2 Å². The van der Waals surface area contributed by atoms with Crippen LogP contribution in [0.5, 0.6) is 0 Å². The van der Waals surface area contributed by atoms with Crippen LogP contribution in [0.4, 0.5) is 8.78 Å². The first-order valence-corrected chi connectivity index (χ1v) is 6.45. The number of halogens is 2. The van der Waals surface area contributed by atoms with Gasteiger partial charge in [-0.05, 0) is 30.5 Å². The number of nitrogens with one attached hydrogen (secondary N) is 1. The van der Waals surface area contributed by atoms with E-state index in [2.05, 4.69) is 11.9 Å². The lowest BCUT2D eigenvalue weighted by molar-refractivity contribution is -0.527. The highest BCUT2D eigenvalue weighted by Gasteiger charge is 2.38. The van der Waals surface area contributed by atoms with Crippen LogP contribution < -0.4 is 5.32 Å². The Kier molecular flexibility index (Phi) is 4.44. The first-order chi connectivity index (χ1) is 9.52. The fourth-order valence-corrected chi connectivity index (χ4v) is 2.68. The van der Waals surface area contributed by atoms with Crippen molar-refractivity contribution in [3.05, 3.63) is 58.2 Å². The van der Waals surface area contributed by atoms with Crippen LogP contribution in [0.1, 0.15) is 24.3 Å². The average molecular weight is 282 g/mol. The Morgan fingerprint density at radius 2 is 2.20 bits per heavy atom. The lowest BCUT2D eigenvalue weighted by Gasteiger charge is -2.32. The maximum absolute atomic E-state index is 13.3. The molecule has 0 radical (unpaired) electrons. The molecule has 1 unspecified atom stereocenters. The second kappa shape index (κ2) is 6.09. The first kappa shape index (κ1) is 14.6. The molecule has 0 bridgehead atoms. The summed E-state index contributed by atoms with van der Waals surface area (Å²) in [6.45, 7) is 3.87. The molecule has 1 aliphatic rings. The second-order valence-corrected chi connectivity index (χ2v) is 5.00. The summed E-state index contributed by atoms with van der Waals surface area (Å²) in [7, 11) is 0. The predicted octanol–water partition coefficient (Wildman–Crippen LogP) is 2.63. The molecule has 20 heavy (non-hydrogen) atoms. The zero-order valence-corrected chi connectivity index (χ0v) is 10.9. The Bertz CT molecular complexity index is 522. The van der Waals surface area contributed by atoms with Crippen molar-refractivity contribution >= 4 is 0 Å². The van der Waals surface area contributed by atoms with E-state index in [1.807, 2.05) is 0 Å². The van der Waals surface area contributed by atoms with E-state index in [0.717, 1.165) is 12.1 Å². The third kappa shape index (κ3) is 3.01. The fraction of sp³-hybridized carbons (Fsp3) is 0.429. The molecule has 108 valence electrons. The molecule has 0 aromatic heterocycles. The van der Waals surface area contributed by atoms with Crippen LogP contribution in [0, 0.1) is 21.7 Å². The quantitative estimate of drug-likeness (QED) is 0.524. The van der Waals surface area contributed by atoms with Crippen LogP contribution in [0.15, 0.2) is 30.9 Å². The van der Waals surface area contributed by atoms with Gasteiger partial charge >= 0.3 is 0 Å². The smallest absolute Gasteiger partial charge is 0.232 e. The molecule has 0 amide bonds. The van der Waals surface area contributed by atoms with Gasteiger partial charge in [0.05, 0.1) is 12.5 Å². The van der Waals surface area contributed by atoms with E-state index >= 15 is 0 Å². The van der Waals surface area contributed by atoms with Crippen LogP contribution in [-0.4, -0.2) is 23.6 Å². The van der Waals surface area contributed by atoms with Crippen LogP contribution in [0.2, 0.25) is 0 Å². The number of benzene rings is 1. The standard InChI is InChI=1S/C14H16F2N2O2/c1-2-3-10-7-11(14(8-17-10)18(19)20)9-4-5-12(15)13(16)6-9/h2,4-6,10-11,14,17H,1,3,7-8H2/t10?,11-,14+/m0/s1. The molecule has 1 aromatic rings. The molecule has 4 nitrogen and oxygen atoms in total. The number of nitrogens with zero attached hydrogens (tertiary/aromatic N) is 1. The van der Waals surface area contributed by atoms with Crippen molar-refractivity contribution in [2.45, 2.75) is 30.8 Å². The van der Waals surface area contributed by atoms with Gasteiger partial charge in [-0.15, -0.1) is 6.58 Å². The summed E-state index contributed by atoms with van der Waals surface area (Å²) in [6, 6.07) is 2.75. The van der Waals surface area contributed by atoms with Gasteiger partial charge in [-0.1, -0.05) is 12.1 Å². The Morgan fingerprint density at radius 3 is 2.80 bits per heavy atom. The summed E-state index contributed by atoms with van der Waals surface area (Å²) in [5.41, 5.74) is 0.473. The Hall–Kier alpha value is -1.82. The van der Waals surface area contributed by atoms with E-state index in [1.165, 1.54) is 6.07 Å². The van der Waals surface area contributed by atoms with Crippen molar-refractivity contribution in [3.8, 4) is 0 Å². The number of hydrogen-bond acceptors (Lipinski definition) is 3. The number of nitro groups is 1. The van der Waals surface area contributed by atoms with Gasteiger partial charge in [0, 0.05) is 11.0 Å². The van der Waals surface area contributed by atoms with Gasteiger partial charge in [0.1, 0.15) is 0 Å². The molecule has 0 aliphatic carbocycles. The van der Waals surface area contributed by atoms with E-state index in [9.17, 15) is 18.9 Å². The zero-order chi connectivity index (χ0) is 14.7. The predicted molar refractivity (Wildman–Crippen MR) is 71.1 cm³/mol. The van der Waals surface area contributed by atoms with E-state index in [4.69, 9.17) is 0 Å². The minimum absolute atomic E-state index is 0.0711. The molecule has 0 spiro atoms. The SMILES string of the molecule is C=CCC1C[C@@H](c2ccc(F)c(F)c2)[C@H]([N+](=O)[O-])CN1. The minimum atomic E-state index is -0.969. The van der Waals surface area contributed by atoms with Gasteiger partial charge in [-0.3, -0.25) is 10.1 Å². The van der Waals surface area contributed by atoms with E-state index in [-0.39, 0.29) is 17.5 Å². The molecule has 0 saturated carbocycles.